The van der Waals surface area contributed by atoms with Crippen molar-refractivity contribution >= 4 is 35.0 Å². The summed E-state index contributed by atoms with van der Waals surface area (Å²) in [6, 6.07) is 23.4. The van der Waals surface area contributed by atoms with Crippen molar-refractivity contribution in [3.63, 3.8) is 0 Å². The Balaban J connectivity index is 1.85. The van der Waals surface area contributed by atoms with Gasteiger partial charge < -0.3 is 17.1 Å². The predicted molar refractivity (Wildman–Crippen MR) is 117 cm³/mol. The molecule has 0 aromatic heterocycles. The van der Waals surface area contributed by atoms with Crippen LogP contribution < -0.4 is 4.31 Å². The normalized spacial score (nSPS) is 11.0. The van der Waals surface area contributed by atoms with Crippen LogP contribution in [0, 0.1) is 0 Å². The molecule has 26 heavy (non-hydrogen) atoms. The van der Waals surface area contributed by atoms with Crippen LogP contribution in [0.5, 0.6) is 0 Å². The fourth-order valence-electron chi connectivity index (χ4n) is 3.53. The van der Waals surface area contributed by atoms with Crippen molar-refractivity contribution in [2.24, 2.45) is 0 Å². The molecule has 136 valence electrons. The van der Waals surface area contributed by atoms with Gasteiger partial charge in [-0.05, 0) is 35.9 Å². The molecule has 2 heteroatoms. The molecule has 3 aromatic rings. The minimum absolute atomic E-state index is 1.06. The van der Waals surface area contributed by atoms with Gasteiger partial charge in [0.05, 0.1) is 0 Å². The average Bonchev–Trinajstić information content (AvgIpc) is 2.70. The summed E-state index contributed by atoms with van der Waals surface area (Å²) in [5.41, 5.74) is 3.60. The largest absolute Gasteiger partial charge is 0.661 e. The number of rotatable bonds is 9. The zero-order valence-corrected chi connectivity index (χ0v) is 16.5. The van der Waals surface area contributed by atoms with Gasteiger partial charge in [0.25, 0.3) is 0 Å². The molecule has 0 saturated carbocycles. The smallest absolute Gasteiger partial charge is 0.0297 e. The van der Waals surface area contributed by atoms with Gasteiger partial charge in [0.15, 0.2) is 0 Å². The molecule has 0 spiro atoms. The number of fused-ring (bicyclic) bond motifs is 1. The maximum absolute atomic E-state index is 5.85. The second-order valence-corrected chi connectivity index (χ2v) is 7.31. The van der Waals surface area contributed by atoms with Crippen LogP contribution in [-0.4, -0.2) is 0 Å². The Bertz CT molecular complexity index is 813. The monoisotopic (exact) mass is 362 g/mol. The second kappa shape index (κ2) is 9.68. The van der Waals surface area contributed by atoms with Gasteiger partial charge in [-0.1, -0.05) is 93.6 Å². The number of hydrogen-bond donors (Lipinski definition) is 0. The van der Waals surface area contributed by atoms with E-state index < -0.39 is 0 Å². The summed E-state index contributed by atoms with van der Waals surface area (Å²) < 4.78 is 1.94. The molecule has 3 rings (SSSR count). The van der Waals surface area contributed by atoms with E-state index in [-0.39, 0.29) is 0 Å². The summed E-state index contributed by atoms with van der Waals surface area (Å²) in [7, 11) is 0. The van der Waals surface area contributed by atoms with Crippen molar-refractivity contribution in [2.75, 3.05) is 4.31 Å². The third-order valence-corrected chi connectivity index (χ3v) is 5.37. The van der Waals surface area contributed by atoms with Crippen LogP contribution in [0.25, 0.3) is 10.8 Å². The molecule has 0 fully saturated rings. The first kappa shape index (κ1) is 18.8. The highest BCUT2D eigenvalue weighted by molar-refractivity contribution is 7.61. The third-order valence-electron chi connectivity index (χ3n) is 4.98. The summed E-state index contributed by atoms with van der Waals surface area (Å²) in [6.45, 7) is 2.27. The summed E-state index contributed by atoms with van der Waals surface area (Å²) in [5, 5.41) is 2.50. The highest BCUT2D eigenvalue weighted by atomic mass is 32.1. The number of aryl methyl sites for hydroxylation is 1. The Morgan fingerprint density at radius 2 is 1.42 bits per heavy atom. The highest BCUT2D eigenvalue weighted by Crippen LogP contribution is 2.35. The van der Waals surface area contributed by atoms with Crippen molar-refractivity contribution < 1.29 is 0 Å². The van der Waals surface area contributed by atoms with Crippen molar-refractivity contribution in [3.05, 3.63) is 72.3 Å². The van der Waals surface area contributed by atoms with Crippen LogP contribution in [0.3, 0.4) is 0 Å². The fourth-order valence-corrected chi connectivity index (χ4v) is 3.87. The third kappa shape index (κ3) is 4.62. The van der Waals surface area contributed by atoms with Gasteiger partial charge in [0.1, 0.15) is 0 Å². The van der Waals surface area contributed by atoms with Gasteiger partial charge >= 0.3 is 0 Å². The molecule has 0 aliphatic carbocycles. The van der Waals surface area contributed by atoms with Gasteiger partial charge in [0, 0.05) is 16.8 Å². The SMILES string of the molecule is CCCCCCCCc1ccc2ccccc2c1N([S-])c1ccccc1. The first-order chi connectivity index (χ1) is 12.8. The molecule has 0 aliphatic heterocycles. The summed E-state index contributed by atoms with van der Waals surface area (Å²) in [5.74, 6) is 0. The van der Waals surface area contributed by atoms with E-state index in [0.717, 1.165) is 12.1 Å². The minimum Gasteiger partial charge on any atom is -0.661 e. The molecular weight excluding hydrogens is 334 g/mol. The Morgan fingerprint density at radius 1 is 0.731 bits per heavy atom. The van der Waals surface area contributed by atoms with Crippen molar-refractivity contribution in [1.82, 2.24) is 0 Å². The van der Waals surface area contributed by atoms with E-state index in [1.165, 1.54) is 60.5 Å². The molecule has 0 aliphatic rings. The quantitative estimate of drug-likeness (QED) is 0.289. The van der Waals surface area contributed by atoms with E-state index in [1.54, 1.807) is 0 Å². The Hall–Kier alpha value is -1.93. The number of anilines is 2. The van der Waals surface area contributed by atoms with Gasteiger partial charge in [-0.3, -0.25) is 0 Å². The van der Waals surface area contributed by atoms with Crippen LogP contribution in [0.1, 0.15) is 51.0 Å². The standard InChI is InChI=1S/C24H28NS/c1-2-3-4-5-6-8-14-21-19-18-20-13-11-12-17-23(20)24(21)25(26)22-15-9-7-10-16-22/h7,9-13,15-19H,2-6,8,14H2,1H3/q-1. The van der Waals surface area contributed by atoms with E-state index >= 15 is 0 Å². The molecule has 0 heterocycles. The Labute approximate surface area is 163 Å². The maximum Gasteiger partial charge on any atom is 0.0297 e. The predicted octanol–water partition coefficient (Wildman–Crippen LogP) is 7.34. The number of nitrogens with zero attached hydrogens (tertiary/aromatic N) is 1. The maximum atomic E-state index is 5.85. The first-order valence-electron chi connectivity index (χ1n) is 9.84. The molecule has 0 amide bonds. The van der Waals surface area contributed by atoms with Gasteiger partial charge in [-0.15, -0.1) is 0 Å². The molecule has 1 nitrogen and oxygen atoms in total. The lowest BCUT2D eigenvalue weighted by Crippen LogP contribution is -2.10. The van der Waals surface area contributed by atoms with E-state index in [0.29, 0.717) is 0 Å². The van der Waals surface area contributed by atoms with Crippen LogP contribution in [0.2, 0.25) is 0 Å². The number of para-hydroxylation sites is 1. The average molecular weight is 363 g/mol. The van der Waals surface area contributed by atoms with Crippen molar-refractivity contribution in [1.29, 1.82) is 0 Å². The van der Waals surface area contributed by atoms with E-state index in [1.807, 2.05) is 22.5 Å². The zero-order valence-electron chi connectivity index (χ0n) is 15.7. The summed E-state index contributed by atoms with van der Waals surface area (Å²) in [6.07, 6.45) is 8.98. The first-order valence-corrected chi connectivity index (χ1v) is 10.2. The van der Waals surface area contributed by atoms with E-state index in [4.69, 9.17) is 12.8 Å². The minimum atomic E-state index is 1.06. The molecule has 0 saturated heterocycles. The van der Waals surface area contributed by atoms with Gasteiger partial charge in [0.2, 0.25) is 0 Å². The molecule has 3 aromatic carbocycles. The lowest BCUT2D eigenvalue weighted by atomic mass is 9.98. The van der Waals surface area contributed by atoms with E-state index in [9.17, 15) is 0 Å². The highest BCUT2D eigenvalue weighted by Gasteiger charge is 2.09. The fraction of sp³-hybridized carbons (Fsp3) is 0.333. The molecule has 0 unspecified atom stereocenters. The van der Waals surface area contributed by atoms with Crippen LogP contribution in [-0.2, 0) is 19.2 Å². The number of hydrogen-bond acceptors (Lipinski definition) is 2. The molecule has 0 atom stereocenters. The van der Waals surface area contributed by atoms with Crippen LogP contribution in [0.4, 0.5) is 11.4 Å². The molecule has 0 bridgehead atoms. The molecular formula is C24H28NS-. The van der Waals surface area contributed by atoms with Gasteiger partial charge in [-0.25, -0.2) is 0 Å². The number of benzene rings is 3. The zero-order chi connectivity index (χ0) is 18.2. The van der Waals surface area contributed by atoms with Crippen molar-refractivity contribution in [3.8, 4) is 0 Å². The summed E-state index contributed by atoms with van der Waals surface area (Å²) in [4.78, 5) is 0. The van der Waals surface area contributed by atoms with Crippen LogP contribution >= 0.6 is 0 Å². The molecule has 0 N–H and O–H groups in total. The second-order valence-electron chi connectivity index (χ2n) is 6.94. The molecule has 0 radical (unpaired) electrons. The van der Waals surface area contributed by atoms with Crippen LogP contribution in [0.15, 0.2) is 66.7 Å². The van der Waals surface area contributed by atoms with E-state index in [2.05, 4.69) is 55.5 Å². The van der Waals surface area contributed by atoms with Gasteiger partial charge in [-0.2, -0.15) is 0 Å². The lowest BCUT2D eigenvalue weighted by molar-refractivity contribution is 0.608. The Kier molecular flexibility index (Phi) is 7.02. The number of unbranched alkanes of at least 4 members (excludes halogenated alkanes) is 5. The van der Waals surface area contributed by atoms with Crippen molar-refractivity contribution in [2.45, 2.75) is 51.9 Å². The summed E-state index contributed by atoms with van der Waals surface area (Å²) >= 11 is 5.85. The topological polar surface area (TPSA) is 3.24 Å². The Morgan fingerprint density at radius 3 is 2.23 bits per heavy atom. The lowest BCUT2D eigenvalue weighted by Gasteiger charge is -2.35.